The van der Waals surface area contributed by atoms with Gasteiger partial charge in [-0.25, -0.2) is 0 Å². The molecule has 34 heavy (non-hydrogen) atoms. The fourth-order valence-electron chi connectivity index (χ4n) is 5.45. The Hall–Kier alpha value is -2.95. The third-order valence-corrected chi connectivity index (χ3v) is 7.40. The Labute approximate surface area is 203 Å². The molecule has 1 saturated heterocycles. The van der Waals surface area contributed by atoms with E-state index in [9.17, 15) is 4.79 Å². The lowest BCUT2D eigenvalue weighted by Crippen LogP contribution is -2.49. The average molecular weight is 454 g/mol. The van der Waals surface area contributed by atoms with Crippen LogP contribution in [0.3, 0.4) is 0 Å². The molecule has 0 spiro atoms. The number of carbonyl (C=O) groups is 1. The largest absolute Gasteiger partial charge is 0.351 e. The Bertz CT molecular complexity index is 1070. The van der Waals surface area contributed by atoms with Crippen LogP contribution in [0.1, 0.15) is 46.8 Å². The van der Waals surface area contributed by atoms with E-state index in [4.69, 9.17) is 0 Å². The summed E-state index contributed by atoms with van der Waals surface area (Å²) >= 11 is 0. The summed E-state index contributed by atoms with van der Waals surface area (Å²) in [4.78, 5) is 17.8. The lowest BCUT2D eigenvalue weighted by Gasteiger charge is -2.39. The Balaban J connectivity index is 1.08. The predicted molar refractivity (Wildman–Crippen MR) is 139 cm³/mol. The van der Waals surface area contributed by atoms with Gasteiger partial charge in [0.25, 0.3) is 5.91 Å². The van der Waals surface area contributed by atoms with Gasteiger partial charge in [-0.05, 0) is 53.6 Å². The Morgan fingerprint density at radius 2 is 1.50 bits per heavy atom. The summed E-state index contributed by atoms with van der Waals surface area (Å²) in [6, 6.07) is 27.8. The first-order valence-corrected chi connectivity index (χ1v) is 12.8. The van der Waals surface area contributed by atoms with Gasteiger partial charge in [-0.1, -0.05) is 73.2 Å². The summed E-state index contributed by atoms with van der Waals surface area (Å²) in [5, 5.41) is 3.11. The number of fused-ring (bicyclic) bond motifs is 1. The van der Waals surface area contributed by atoms with Crippen LogP contribution < -0.4 is 5.32 Å². The highest BCUT2D eigenvalue weighted by atomic mass is 16.1. The van der Waals surface area contributed by atoms with Gasteiger partial charge in [-0.15, -0.1) is 0 Å². The minimum Gasteiger partial charge on any atom is -0.351 e. The maximum Gasteiger partial charge on any atom is 0.251 e. The van der Waals surface area contributed by atoms with Crippen molar-refractivity contribution in [1.82, 2.24) is 15.1 Å². The maximum absolute atomic E-state index is 12.6. The molecule has 5 rings (SSSR count). The van der Waals surface area contributed by atoms with Gasteiger partial charge in [0, 0.05) is 50.9 Å². The van der Waals surface area contributed by atoms with E-state index >= 15 is 0 Å². The van der Waals surface area contributed by atoms with Crippen LogP contribution in [0.25, 0.3) is 11.1 Å². The molecule has 3 aromatic rings. The first kappa shape index (κ1) is 22.8. The lowest BCUT2D eigenvalue weighted by molar-refractivity contribution is 0.0867. The minimum atomic E-state index is 0.00769. The first-order valence-electron chi connectivity index (χ1n) is 12.8. The van der Waals surface area contributed by atoms with E-state index in [1.54, 1.807) is 11.1 Å². The number of nitrogens with one attached hydrogen (secondary N) is 1. The van der Waals surface area contributed by atoms with Crippen LogP contribution in [0.5, 0.6) is 0 Å². The van der Waals surface area contributed by atoms with Crippen LogP contribution in [-0.4, -0.2) is 55.0 Å². The molecule has 0 aromatic heterocycles. The molecule has 1 amide bonds. The molecular weight excluding hydrogens is 418 g/mol. The summed E-state index contributed by atoms with van der Waals surface area (Å²) in [5.74, 6) is 0.00769. The van der Waals surface area contributed by atoms with Crippen LogP contribution in [0.15, 0.2) is 78.9 Å². The Morgan fingerprint density at radius 1 is 0.794 bits per heavy atom. The number of aryl methyl sites for hydroxylation is 1. The SMILES string of the molecule is O=C(NCCN1CCN(C2CCCCc3ccccc32)CC1)c1ccc(-c2ccccc2)cc1. The molecule has 4 heteroatoms. The lowest BCUT2D eigenvalue weighted by atomic mass is 9.97. The topological polar surface area (TPSA) is 35.6 Å². The summed E-state index contributed by atoms with van der Waals surface area (Å²) in [6.07, 6.45) is 5.12. The summed E-state index contributed by atoms with van der Waals surface area (Å²) < 4.78 is 0. The number of amides is 1. The van der Waals surface area contributed by atoms with Crippen molar-refractivity contribution in [1.29, 1.82) is 0 Å². The molecule has 1 atom stereocenters. The number of piperazine rings is 1. The Kier molecular flexibility index (Phi) is 7.37. The second kappa shape index (κ2) is 11.0. The smallest absolute Gasteiger partial charge is 0.251 e. The number of hydrogen-bond donors (Lipinski definition) is 1. The molecular formula is C30H35N3O. The average Bonchev–Trinajstić information content (AvgIpc) is 3.12. The normalized spacial score (nSPS) is 19.2. The predicted octanol–water partition coefficient (Wildman–Crippen LogP) is 5.17. The van der Waals surface area contributed by atoms with Crippen molar-refractivity contribution in [2.45, 2.75) is 31.7 Å². The van der Waals surface area contributed by atoms with E-state index in [1.807, 2.05) is 42.5 Å². The molecule has 0 radical (unpaired) electrons. The third kappa shape index (κ3) is 5.40. The van der Waals surface area contributed by atoms with Gasteiger partial charge in [0.05, 0.1) is 0 Å². The van der Waals surface area contributed by atoms with Gasteiger partial charge in [-0.3, -0.25) is 14.6 Å². The van der Waals surface area contributed by atoms with Gasteiger partial charge in [0.1, 0.15) is 0 Å². The maximum atomic E-state index is 12.6. The first-order chi connectivity index (χ1) is 16.8. The van der Waals surface area contributed by atoms with Crippen LogP contribution >= 0.6 is 0 Å². The van der Waals surface area contributed by atoms with Crippen molar-refractivity contribution in [3.8, 4) is 11.1 Å². The van der Waals surface area contributed by atoms with Crippen LogP contribution in [0, 0.1) is 0 Å². The number of rotatable bonds is 6. The highest BCUT2D eigenvalue weighted by Crippen LogP contribution is 2.33. The van der Waals surface area contributed by atoms with E-state index < -0.39 is 0 Å². The monoisotopic (exact) mass is 453 g/mol. The van der Waals surface area contributed by atoms with Crippen molar-refractivity contribution in [3.63, 3.8) is 0 Å². The highest BCUT2D eigenvalue weighted by molar-refractivity contribution is 5.94. The zero-order valence-corrected chi connectivity index (χ0v) is 20.0. The second-order valence-corrected chi connectivity index (χ2v) is 9.54. The molecule has 1 heterocycles. The molecule has 1 unspecified atom stereocenters. The van der Waals surface area contributed by atoms with Gasteiger partial charge >= 0.3 is 0 Å². The zero-order valence-electron chi connectivity index (χ0n) is 20.0. The third-order valence-electron chi connectivity index (χ3n) is 7.40. The standard InChI is InChI=1S/C30H35N3O/c34-30(27-16-14-25(15-17-27)24-8-2-1-3-9-24)31-18-19-32-20-22-33(23-21-32)29-13-7-5-11-26-10-4-6-12-28(26)29/h1-4,6,8-10,12,14-17,29H,5,7,11,13,18-23H2,(H,31,34). The molecule has 0 saturated carbocycles. The van der Waals surface area contributed by atoms with Gasteiger partial charge in [-0.2, -0.15) is 0 Å². The number of nitrogens with zero attached hydrogens (tertiary/aromatic N) is 2. The van der Waals surface area contributed by atoms with Crippen molar-refractivity contribution in [3.05, 3.63) is 95.6 Å². The molecule has 1 aliphatic carbocycles. The zero-order chi connectivity index (χ0) is 23.2. The summed E-state index contributed by atoms with van der Waals surface area (Å²) in [6.45, 7) is 5.94. The highest BCUT2D eigenvalue weighted by Gasteiger charge is 2.27. The minimum absolute atomic E-state index is 0.00769. The molecule has 1 aliphatic heterocycles. The van der Waals surface area contributed by atoms with E-state index in [0.717, 1.165) is 43.9 Å². The Morgan fingerprint density at radius 3 is 2.29 bits per heavy atom. The van der Waals surface area contributed by atoms with Crippen molar-refractivity contribution >= 4 is 5.91 Å². The van der Waals surface area contributed by atoms with Crippen LogP contribution in [-0.2, 0) is 6.42 Å². The quantitative estimate of drug-likeness (QED) is 0.523. The van der Waals surface area contributed by atoms with E-state index in [-0.39, 0.29) is 5.91 Å². The van der Waals surface area contributed by atoms with Gasteiger partial charge in [0.2, 0.25) is 0 Å². The van der Waals surface area contributed by atoms with E-state index in [0.29, 0.717) is 12.6 Å². The molecule has 3 aromatic carbocycles. The summed E-state index contributed by atoms with van der Waals surface area (Å²) in [5.41, 5.74) is 6.12. The fourth-order valence-corrected chi connectivity index (χ4v) is 5.45. The van der Waals surface area contributed by atoms with Crippen LogP contribution in [0.2, 0.25) is 0 Å². The number of benzene rings is 3. The number of hydrogen-bond acceptors (Lipinski definition) is 3. The van der Waals surface area contributed by atoms with Crippen LogP contribution in [0.4, 0.5) is 0 Å². The molecule has 176 valence electrons. The van der Waals surface area contributed by atoms with Crippen molar-refractivity contribution < 1.29 is 4.79 Å². The second-order valence-electron chi connectivity index (χ2n) is 9.54. The van der Waals surface area contributed by atoms with Gasteiger partial charge < -0.3 is 5.32 Å². The summed E-state index contributed by atoms with van der Waals surface area (Å²) in [7, 11) is 0. The molecule has 0 bridgehead atoms. The molecule has 1 fully saturated rings. The fraction of sp³-hybridized carbons (Fsp3) is 0.367. The number of carbonyl (C=O) groups excluding carboxylic acids is 1. The van der Waals surface area contributed by atoms with E-state index in [2.05, 4.69) is 51.5 Å². The molecule has 2 aliphatic rings. The van der Waals surface area contributed by atoms with E-state index in [1.165, 1.54) is 31.2 Å². The molecule has 1 N–H and O–H groups in total. The van der Waals surface area contributed by atoms with Crippen molar-refractivity contribution in [2.75, 3.05) is 39.3 Å². The van der Waals surface area contributed by atoms with Gasteiger partial charge in [0.15, 0.2) is 0 Å². The van der Waals surface area contributed by atoms with Crippen molar-refractivity contribution in [2.24, 2.45) is 0 Å². The molecule has 4 nitrogen and oxygen atoms in total.